The second-order valence-corrected chi connectivity index (χ2v) is 7.29. The molecule has 16 heteroatoms. The van der Waals surface area contributed by atoms with Crippen LogP contribution in [0.1, 0.15) is 25.7 Å². The average Bonchev–Trinajstić information content (AvgIpc) is 2.74. The Morgan fingerprint density at radius 2 is 1.27 bits per heavy atom. The first-order chi connectivity index (χ1) is 15.5. The fraction of sp³-hybridized carbons (Fsp3) is 0.647. The number of aliphatic carboxylic acids is 1. The number of guanidine groups is 2. The number of hydrogen-bond donors (Lipinski definition) is 10. The van der Waals surface area contributed by atoms with Gasteiger partial charge >= 0.3 is 5.97 Å². The zero-order valence-electron chi connectivity index (χ0n) is 18.2. The molecule has 0 aliphatic rings. The Hall–Kier alpha value is -3.27. The molecule has 0 aromatic rings. The summed E-state index contributed by atoms with van der Waals surface area (Å²) in [6, 6.07) is -3.09. The molecule has 0 aliphatic carbocycles. The van der Waals surface area contributed by atoms with E-state index in [-0.39, 0.29) is 43.6 Å². The van der Waals surface area contributed by atoms with Crippen LogP contribution in [0.25, 0.3) is 0 Å². The molecule has 0 radical (unpaired) electrons. The summed E-state index contributed by atoms with van der Waals surface area (Å²) in [5.74, 6) is -3.43. The van der Waals surface area contributed by atoms with Gasteiger partial charge in [0.1, 0.15) is 18.6 Å². The SMILES string of the molecule is NC(N)=NCCCC(NC(=O)C(N)CS)C(=O)NC(CCCN=C(N)N)C(=O)NCC(=O)O. The van der Waals surface area contributed by atoms with Crippen molar-refractivity contribution in [1.29, 1.82) is 0 Å². The Balaban J connectivity index is 5.35. The first-order valence-electron chi connectivity index (χ1n) is 10.0. The normalized spacial score (nSPS) is 13.0. The van der Waals surface area contributed by atoms with Crippen LogP contribution in [0.15, 0.2) is 9.98 Å². The topological polar surface area (TPSA) is 279 Å². The fourth-order valence-electron chi connectivity index (χ4n) is 2.46. The molecule has 0 saturated heterocycles. The molecule has 0 rings (SSSR count). The predicted molar refractivity (Wildman–Crippen MR) is 126 cm³/mol. The van der Waals surface area contributed by atoms with E-state index in [1.165, 1.54) is 0 Å². The van der Waals surface area contributed by atoms with Crippen LogP contribution in [0.5, 0.6) is 0 Å². The highest BCUT2D eigenvalue weighted by Crippen LogP contribution is 2.04. The smallest absolute Gasteiger partial charge is 0.322 e. The lowest BCUT2D eigenvalue weighted by Crippen LogP contribution is -2.56. The van der Waals surface area contributed by atoms with Gasteiger partial charge in [-0.2, -0.15) is 12.6 Å². The molecule has 0 bridgehead atoms. The molecule has 0 heterocycles. The van der Waals surface area contributed by atoms with Gasteiger partial charge in [0.2, 0.25) is 17.7 Å². The molecule has 3 atom stereocenters. The number of nitrogens with zero attached hydrogens (tertiary/aromatic N) is 2. The van der Waals surface area contributed by atoms with E-state index in [0.29, 0.717) is 12.8 Å². The van der Waals surface area contributed by atoms with E-state index < -0.39 is 48.4 Å². The lowest BCUT2D eigenvalue weighted by atomic mass is 10.1. The van der Waals surface area contributed by atoms with Crippen LogP contribution in [-0.2, 0) is 19.2 Å². The molecule has 0 aromatic heterocycles. The number of thiol groups is 1. The molecule has 0 aromatic carbocycles. The second-order valence-electron chi connectivity index (χ2n) is 6.92. The summed E-state index contributed by atoms with van der Waals surface area (Å²) in [4.78, 5) is 55.8. The molecule has 3 unspecified atom stereocenters. The molecule has 14 N–H and O–H groups in total. The number of carboxylic acid groups (broad SMARTS) is 1. The van der Waals surface area contributed by atoms with Gasteiger partial charge in [0.15, 0.2) is 11.9 Å². The van der Waals surface area contributed by atoms with Crippen molar-refractivity contribution in [2.45, 2.75) is 43.8 Å². The molecular weight excluding hydrogens is 456 g/mol. The largest absolute Gasteiger partial charge is 0.480 e. The molecule has 0 aliphatic heterocycles. The van der Waals surface area contributed by atoms with Gasteiger partial charge in [-0.1, -0.05) is 0 Å². The Bertz CT molecular complexity index is 725. The van der Waals surface area contributed by atoms with Gasteiger partial charge in [-0.05, 0) is 25.7 Å². The number of rotatable bonds is 16. The molecule has 188 valence electrons. The zero-order valence-corrected chi connectivity index (χ0v) is 19.1. The number of nitrogens with two attached hydrogens (primary N) is 5. The summed E-state index contributed by atoms with van der Waals surface area (Å²) in [6.07, 6.45) is 0.909. The summed E-state index contributed by atoms with van der Waals surface area (Å²) in [6.45, 7) is -0.230. The maximum atomic E-state index is 12.9. The summed E-state index contributed by atoms with van der Waals surface area (Å²) >= 11 is 3.96. The Morgan fingerprint density at radius 1 is 0.818 bits per heavy atom. The van der Waals surface area contributed by atoms with Gasteiger partial charge in [-0.25, -0.2) is 0 Å². The fourth-order valence-corrected chi connectivity index (χ4v) is 2.63. The molecule has 0 fully saturated rings. The van der Waals surface area contributed by atoms with Gasteiger partial charge < -0.3 is 49.7 Å². The van der Waals surface area contributed by atoms with Crippen molar-refractivity contribution in [3.8, 4) is 0 Å². The second kappa shape index (κ2) is 16.4. The maximum absolute atomic E-state index is 12.9. The Kier molecular flexibility index (Phi) is 14.8. The van der Waals surface area contributed by atoms with Gasteiger partial charge in [0, 0.05) is 18.8 Å². The van der Waals surface area contributed by atoms with Gasteiger partial charge in [0.25, 0.3) is 0 Å². The maximum Gasteiger partial charge on any atom is 0.322 e. The van der Waals surface area contributed by atoms with Crippen molar-refractivity contribution in [3.05, 3.63) is 0 Å². The van der Waals surface area contributed by atoms with Crippen LogP contribution < -0.4 is 44.6 Å². The number of carbonyl (C=O) groups is 4. The predicted octanol–water partition coefficient (Wildman–Crippen LogP) is -4.48. The third-order valence-electron chi connectivity index (χ3n) is 4.10. The first kappa shape index (κ1) is 29.7. The molecule has 0 saturated carbocycles. The van der Waals surface area contributed by atoms with Crippen LogP contribution in [0.3, 0.4) is 0 Å². The van der Waals surface area contributed by atoms with E-state index in [4.69, 9.17) is 33.8 Å². The van der Waals surface area contributed by atoms with Crippen LogP contribution >= 0.6 is 12.6 Å². The summed E-state index contributed by atoms with van der Waals surface area (Å²) < 4.78 is 0. The third-order valence-corrected chi connectivity index (χ3v) is 4.50. The van der Waals surface area contributed by atoms with Crippen molar-refractivity contribution >= 4 is 48.2 Å². The van der Waals surface area contributed by atoms with Crippen LogP contribution in [0.4, 0.5) is 0 Å². The molecule has 15 nitrogen and oxygen atoms in total. The van der Waals surface area contributed by atoms with Gasteiger partial charge in [-0.15, -0.1) is 0 Å². The lowest BCUT2D eigenvalue weighted by Gasteiger charge is -2.23. The van der Waals surface area contributed by atoms with E-state index >= 15 is 0 Å². The highest BCUT2D eigenvalue weighted by molar-refractivity contribution is 7.80. The number of carbonyl (C=O) groups excluding carboxylic acids is 3. The quantitative estimate of drug-likeness (QED) is 0.0428. The minimum absolute atomic E-state index is 0.0547. The van der Waals surface area contributed by atoms with Crippen LogP contribution in [0, 0.1) is 0 Å². The first-order valence-corrected chi connectivity index (χ1v) is 10.7. The average molecular weight is 491 g/mol. The molecule has 0 spiro atoms. The van der Waals surface area contributed by atoms with E-state index in [2.05, 4.69) is 38.6 Å². The summed E-state index contributed by atoms with van der Waals surface area (Å²) in [5.41, 5.74) is 26.7. The highest BCUT2D eigenvalue weighted by atomic mass is 32.1. The van der Waals surface area contributed by atoms with E-state index in [0.717, 1.165) is 0 Å². The molecular formula is C17H34N10O5S. The lowest BCUT2D eigenvalue weighted by molar-refractivity contribution is -0.138. The van der Waals surface area contributed by atoms with Crippen LogP contribution in [-0.4, -0.2) is 84.2 Å². The summed E-state index contributed by atoms with van der Waals surface area (Å²) in [5, 5.41) is 16.0. The standard InChI is InChI=1S/C17H34N10O5S/c18-9(8-33)13(30)26-11(4-2-6-24-17(21)22)15(32)27-10(3-1-5-23-16(19)20)14(31)25-7-12(28)29/h9-11,33H,1-8,18H2,(H,25,31)(H,26,30)(H,27,32)(H,28,29)(H4,19,20,23)(H4,21,22,24). The number of amides is 3. The Morgan fingerprint density at radius 3 is 1.70 bits per heavy atom. The molecule has 3 amide bonds. The van der Waals surface area contributed by atoms with Gasteiger partial charge in [0.05, 0.1) is 6.04 Å². The van der Waals surface area contributed by atoms with Crippen molar-refractivity contribution in [1.82, 2.24) is 16.0 Å². The van der Waals surface area contributed by atoms with Crippen LogP contribution in [0.2, 0.25) is 0 Å². The van der Waals surface area contributed by atoms with Crippen molar-refractivity contribution in [2.24, 2.45) is 38.7 Å². The van der Waals surface area contributed by atoms with E-state index in [1.807, 2.05) is 0 Å². The minimum atomic E-state index is -1.25. The van der Waals surface area contributed by atoms with E-state index in [9.17, 15) is 19.2 Å². The number of nitrogens with one attached hydrogen (secondary N) is 3. The van der Waals surface area contributed by atoms with Crippen molar-refractivity contribution < 1.29 is 24.3 Å². The number of carboxylic acids is 1. The van der Waals surface area contributed by atoms with Crippen molar-refractivity contribution in [2.75, 3.05) is 25.4 Å². The Labute approximate surface area is 196 Å². The third kappa shape index (κ3) is 14.4. The highest BCUT2D eigenvalue weighted by Gasteiger charge is 2.27. The van der Waals surface area contributed by atoms with Gasteiger partial charge in [-0.3, -0.25) is 29.2 Å². The minimum Gasteiger partial charge on any atom is -0.480 e. The van der Waals surface area contributed by atoms with Crippen molar-refractivity contribution in [3.63, 3.8) is 0 Å². The molecule has 33 heavy (non-hydrogen) atoms. The monoisotopic (exact) mass is 490 g/mol. The zero-order chi connectivity index (χ0) is 25.4. The number of aliphatic imine (C=N–C) groups is 2. The van der Waals surface area contributed by atoms with E-state index in [1.54, 1.807) is 0 Å². The number of hydrogen-bond acceptors (Lipinski definition) is 8. The summed E-state index contributed by atoms with van der Waals surface area (Å²) in [7, 11) is 0.